The molecule has 1 rings (SSSR count). The molecule has 108 valence electrons. The van der Waals surface area contributed by atoms with E-state index in [1.807, 2.05) is 24.3 Å². The van der Waals surface area contributed by atoms with Crippen LogP contribution < -0.4 is 10.1 Å². The van der Waals surface area contributed by atoms with Gasteiger partial charge in [0.25, 0.3) is 0 Å². The van der Waals surface area contributed by atoms with Crippen LogP contribution in [0.5, 0.6) is 5.75 Å². The van der Waals surface area contributed by atoms with E-state index < -0.39 is 0 Å². The molecule has 2 N–H and O–H groups in total. The summed E-state index contributed by atoms with van der Waals surface area (Å²) < 4.78 is 5.76. The zero-order chi connectivity index (χ0) is 14.3. The van der Waals surface area contributed by atoms with Crippen LogP contribution in [0, 0.1) is 5.92 Å². The van der Waals surface area contributed by atoms with Crippen LogP contribution in [0.1, 0.15) is 33.3 Å². The van der Waals surface area contributed by atoms with Gasteiger partial charge in [0.2, 0.25) is 0 Å². The van der Waals surface area contributed by atoms with Gasteiger partial charge in [0, 0.05) is 24.6 Å². The number of rotatable bonds is 7. The zero-order valence-electron chi connectivity index (χ0n) is 12.6. The minimum atomic E-state index is 0.153. The second-order valence-corrected chi connectivity index (χ2v) is 6.16. The Morgan fingerprint density at radius 1 is 1.21 bits per heavy atom. The van der Waals surface area contributed by atoms with Crippen molar-refractivity contribution in [3.05, 3.63) is 29.8 Å². The molecule has 1 aromatic carbocycles. The highest BCUT2D eigenvalue weighted by molar-refractivity contribution is 5.27. The van der Waals surface area contributed by atoms with Crippen molar-refractivity contribution in [2.45, 2.75) is 39.7 Å². The van der Waals surface area contributed by atoms with Crippen LogP contribution >= 0.6 is 0 Å². The SMILES string of the molecule is CC(CNC(C)(C)C)COc1ccc(CCO)cc1. The van der Waals surface area contributed by atoms with Gasteiger partial charge in [-0.1, -0.05) is 19.1 Å². The second-order valence-electron chi connectivity index (χ2n) is 6.16. The van der Waals surface area contributed by atoms with Crippen molar-refractivity contribution >= 4 is 0 Å². The molecule has 0 aliphatic heterocycles. The monoisotopic (exact) mass is 265 g/mol. The number of aliphatic hydroxyl groups is 1. The van der Waals surface area contributed by atoms with Gasteiger partial charge in [-0.25, -0.2) is 0 Å². The van der Waals surface area contributed by atoms with E-state index in [0.29, 0.717) is 18.9 Å². The molecule has 0 saturated heterocycles. The molecular formula is C16H27NO2. The summed E-state index contributed by atoms with van der Waals surface area (Å²) in [5.41, 5.74) is 1.29. The summed E-state index contributed by atoms with van der Waals surface area (Å²) in [6, 6.07) is 7.94. The molecule has 0 bridgehead atoms. The fourth-order valence-corrected chi connectivity index (χ4v) is 1.66. The normalized spacial score (nSPS) is 13.3. The van der Waals surface area contributed by atoms with E-state index in [-0.39, 0.29) is 12.1 Å². The van der Waals surface area contributed by atoms with Crippen molar-refractivity contribution in [1.82, 2.24) is 5.32 Å². The van der Waals surface area contributed by atoms with E-state index in [1.165, 1.54) is 0 Å². The van der Waals surface area contributed by atoms with E-state index in [0.717, 1.165) is 17.9 Å². The number of nitrogens with one attached hydrogen (secondary N) is 1. The van der Waals surface area contributed by atoms with Crippen molar-refractivity contribution in [2.75, 3.05) is 19.8 Å². The first-order chi connectivity index (χ1) is 8.90. The maximum Gasteiger partial charge on any atom is 0.119 e. The van der Waals surface area contributed by atoms with Gasteiger partial charge in [-0.05, 0) is 44.9 Å². The Hall–Kier alpha value is -1.06. The number of hydrogen-bond acceptors (Lipinski definition) is 3. The van der Waals surface area contributed by atoms with Crippen LogP contribution in [-0.2, 0) is 6.42 Å². The molecule has 0 aliphatic rings. The summed E-state index contributed by atoms with van der Waals surface area (Å²) in [4.78, 5) is 0. The third-order valence-corrected chi connectivity index (χ3v) is 2.84. The molecule has 0 spiro atoms. The average molecular weight is 265 g/mol. The predicted octanol–water partition coefficient (Wildman–Crippen LogP) is 2.62. The first kappa shape index (κ1) is 16.0. The highest BCUT2D eigenvalue weighted by Crippen LogP contribution is 2.13. The van der Waals surface area contributed by atoms with Crippen LogP contribution in [0.2, 0.25) is 0 Å². The highest BCUT2D eigenvalue weighted by Gasteiger charge is 2.11. The van der Waals surface area contributed by atoms with Crippen molar-refractivity contribution in [1.29, 1.82) is 0 Å². The highest BCUT2D eigenvalue weighted by atomic mass is 16.5. The van der Waals surface area contributed by atoms with Gasteiger partial charge in [0.05, 0.1) is 6.61 Å². The Morgan fingerprint density at radius 3 is 2.37 bits per heavy atom. The Labute approximate surface area is 117 Å². The van der Waals surface area contributed by atoms with Gasteiger partial charge in [0.15, 0.2) is 0 Å². The van der Waals surface area contributed by atoms with Gasteiger partial charge in [-0.3, -0.25) is 0 Å². The van der Waals surface area contributed by atoms with Gasteiger partial charge < -0.3 is 15.2 Å². The average Bonchev–Trinajstić information content (AvgIpc) is 2.35. The van der Waals surface area contributed by atoms with Crippen LogP contribution in [0.3, 0.4) is 0 Å². The zero-order valence-corrected chi connectivity index (χ0v) is 12.6. The molecule has 0 amide bonds. The molecule has 0 aliphatic carbocycles. The third kappa shape index (κ3) is 7.19. The van der Waals surface area contributed by atoms with Gasteiger partial charge in [-0.15, -0.1) is 0 Å². The van der Waals surface area contributed by atoms with E-state index >= 15 is 0 Å². The lowest BCUT2D eigenvalue weighted by molar-refractivity contribution is 0.244. The summed E-state index contributed by atoms with van der Waals surface area (Å²) in [5.74, 6) is 1.36. The number of benzene rings is 1. The van der Waals surface area contributed by atoms with Crippen molar-refractivity contribution < 1.29 is 9.84 Å². The van der Waals surface area contributed by atoms with Gasteiger partial charge in [0.1, 0.15) is 5.75 Å². The largest absolute Gasteiger partial charge is 0.493 e. The molecule has 1 aromatic rings. The van der Waals surface area contributed by atoms with Crippen molar-refractivity contribution in [2.24, 2.45) is 5.92 Å². The Kier molecular flexibility index (Phi) is 6.32. The lowest BCUT2D eigenvalue weighted by Gasteiger charge is -2.23. The minimum Gasteiger partial charge on any atom is -0.493 e. The second kappa shape index (κ2) is 7.51. The van der Waals surface area contributed by atoms with Crippen LogP contribution in [0.4, 0.5) is 0 Å². The molecule has 0 aromatic heterocycles. The Balaban J connectivity index is 2.31. The summed E-state index contributed by atoms with van der Waals surface area (Å²) in [6.07, 6.45) is 0.701. The quantitative estimate of drug-likeness (QED) is 0.796. The lowest BCUT2D eigenvalue weighted by atomic mass is 10.1. The van der Waals surface area contributed by atoms with Crippen molar-refractivity contribution in [3.63, 3.8) is 0 Å². The molecule has 3 nitrogen and oxygen atoms in total. The number of hydrogen-bond donors (Lipinski definition) is 2. The maximum absolute atomic E-state index is 8.85. The molecule has 19 heavy (non-hydrogen) atoms. The smallest absolute Gasteiger partial charge is 0.119 e. The topological polar surface area (TPSA) is 41.5 Å². The summed E-state index contributed by atoms with van der Waals surface area (Å²) in [5, 5.41) is 12.3. The summed E-state index contributed by atoms with van der Waals surface area (Å²) in [7, 11) is 0. The molecule has 0 fully saturated rings. The van der Waals surface area contributed by atoms with Crippen LogP contribution in [-0.4, -0.2) is 30.4 Å². The summed E-state index contributed by atoms with van der Waals surface area (Å²) >= 11 is 0. The predicted molar refractivity (Wildman–Crippen MR) is 79.6 cm³/mol. The van der Waals surface area contributed by atoms with E-state index in [4.69, 9.17) is 9.84 Å². The lowest BCUT2D eigenvalue weighted by Crippen LogP contribution is -2.39. The van der Waals surface area contributed by atoms with E-state index in [9.17, 15) is 0 Å². The van der Waals surface area contributed by atoms with Crippen molar-refractivity contribution in [3.8, 4) is 5.75 Å². The Bertz CT molecular complexity index is 354. The van der Waals surface area contributed by atoms with Gasteiger partial charge >= 0.3 is 0 Å². The van der Waals surface area contributed by atoms with Crippen LogP contribution in [0.15, 0.2) is 24.3 Å². The number of ether oxygens (including phenoxy) is 1. The maximum atomic E-state index is 8.85. The molecule has 1 atom stereocenters. The Morgan fingerprint density at radius 2 is 1.84 bits per heavy atom. The number of aliphatic hydroxyl groups excluding tert-OH is 1. The third-order valence-electron chi connectivity index (χ3n) is 2.84. The fraction of sp³-hybridized carbons (Fsp3) is 0.625. The molecule has 0 heterocycles. The molecule has 0 saturated carbocycles. The summed E-state index contributed by atoms with van der Waals surface area (Å²) in [6.45, 7) is 10.5. The molecule has 0 radical (unpaired) electrons. The van der Waals surface area contributed by atoms with E-state index in [2.05, 4.69) is 33.0 Å². The first-order valence-corrected chi connectivity index (χ1v) is 6.98. The first-order valence-electron chi connectivity index (χ1n) is 6.98. The van der Waals surface area contributed by atoms with E-state index in [1.54, 1.807) is 0 Å². The van der Waals surface area contributed by atoms with Crippen LogP contribution in [0.25, 0.3) is 0 Å². The molecule has 3 heteroatoms. The fourth-order valence-electron chi connectivity index (χ4n) is 1.66. The van der Waals surface area contributed by atoms with Gasteiger partial charge in [-0.2, -0.15) is 0 Å². The molecule has 1 unspecified atom stereocenters. The minimum absolute atomic E-state index is 0.153. The molecular weight excluding hydrogens is 238 g/mol. The standard InChI is InChI=1S/C16H27NO2/c1-13(11-17-16(2,3)4)12-19-15-7-5-14(6-8-15)9-10-18/h5-8,13,17-18H,9-12H2,1-4H3.